The molecule has 0 amide bonds. The molecule has 90 valence electrons. The summed E-state index contributed by atoms with van der Waals surface area (Å²) in [4.78, 5) is 3.89. The Morgan fingerprint density at radius 2 is 2.24 bits per heavy atom. The minimum Gasteiger partial charge on any atom is -0.276 e. The second kappa shape index (κ2) is 4.64. The van der Waals surface area contributed by atoms with Gasteiger partial charge in [-0.1, -0.05) is 17.7 Å². The van der Waals surface area contributed by atoms with E-state index in [9.17, 15) is 8.42 Å². The highest BCUT2D eigenvalue weighted by molar-refractivity contribution is 7.94. The average molecular weight is 289 g/mol. The van der Waals surface area contributed by atoms with Gasteiger partial charge in [0.2, 0.25) is 0 Å². The van der Waals surface area contributed by atoms with Crippen LogP contribution in [0.15, 0.2) is 34.0 Å². The third kappa shape index (κ3) is 2.77. The van der Waals surface area contributed by atoms with Crippen molar-refractivity contribution in [1.82, 2.24) is 4.98 Å². The highest BCUT2D eigenvalue weighted by Gasteiger charge is 2.17. The van der Waals surface area contributed by atoms with E-state index in [0.717, 1.165) is 16.9 Å². The van der Waals surface area contributed by atoms with Crippen LogP contribution in [0.1, 0.15) is 5.56 Å². The van der Waals surface area contributed by atoms with Crippen LogP contribution in [-0.4, -0.2) is 13.4 Å². The number of pyridine rings is 1. The highest BCUT2D eigenvalue weighted by Crippen LogP contribution is 2.25. The number of anilines is 1. The van der Waals surface area contributed by atoms with Crippen molar-refractivity contribution >= 4 is 38.6 Å². The van der Waals surface area contributed by atoms with E-state index in [-0.39, 0.29) is 9.36 Å². The molecule has 0 radical (unpaired) electrons. The van der Waals surface area contributed by atoms with Crippen molar-refractivity contribution < 1.29 is 8.42 Å². The van der Waals surface area contributed by atoms with Crippen LogP contribution in [0.3, 0.4) is 0 Å². The van der Waals surface area contributed by atoms with E-state index < -0.39 is 10.0 Å². The van der Waals surface area contributed by atoms with Crippen LogP contribution in [0.2, 0.25) is 5.15 Å². The van der Waals surface area contributed by atoms with Crippen LogP contribution in [-0.2, 0) is 10.0 Å². The van der Waals surface area contributed by atoms with Gasteiger partial charge in [0.05, 0.1) is 5.69 Å². The molecule has 0 bridgehead atoms. The maximum atomic E-state index is 11.9. The van der Waals surface area contributed by atoms with Gasteiger partial charge < -0.3 is 0 Å². The summed E-state index contributed by atoms with van der Waals surface area (Å²) in [6.07, 6.45) is 1.57. The average Bonchev–Trinajstić information content (AvgIpc) is 2.77. The molecule has 1 N–H and O–H groups in total. The van der Waals surface area contributed by atoms with Crippen molar-refractivity contribution in [2.75, 3.05) is 4.72 Å². The lowest BCUT2D eigenvalue weighted by Crippen LogP contribution is -2.12. The molecule has 2 heterocycles. The fourth-order valence-electron chi connectivity index (χ4n) is 1.24. The number of halogens is 1. The molecule has 0 fully saturated rings. The maximum Gasteiger partial charge on any atom is 0.271 e. The Labute approximate surface area is 108 Å². The van der Waals surface area contributed by atoms with Gasteiger partial charge in [-0.2, -0.15) is 0 Å². The van der Waals surface area contributed by atoms with Gasteiger partial charge in [0.15, 0.2) is 5.15 Å². The molecule has 0 aliphatic rings. The van der Waals surface area contributed by atoms with Gasteiger partial charge >= 0.3 is 0 Å². The van der Waals surface area contributed by atoms with E-state index in [1.54, 1.807) is 23.7 Å². The molecule has 0 saturated heterocycles. The monoisotopic (exact) mass is 288 g/mol. The number of thiophene rings is 1. The van der Waals surface area contributed by atoms with Crippen LogP contribution < -0.4 is 4.72 Å². The number of nitrogens with zero attached hydrogens (tertiary/aromatic N) is 1. The molecular weight excluding hydrogens is 280 g/mol. The maximum absolute atomic E-state index is 11.9. The lowest BCUT2D eigenvalue weighted by Gasteiger charge is -2.07. The van der Waals surface area contributed by atoms with Gasteiger partial charge in [0, 0.05) is 6.20 Å². The largest absolute Gasteiger partial charge is 0.276 e. The second-order valence-electron chi connectivity index (χ2n) is 3.39. The number of rotatable bonds is 3. The van der Waals surface area contributed by atoms with E-state index in [4.69, 9.17) is 11.6 Å². The third-order valence-corrected chi connectivity index (χ3v) is 5.04. The minimum atomic E-state index is -3.57. The summed E-state index contributed by atoms with van der Waals surface area (Å²) in [7, 11) is -3.57. The van der Waals surface area contributed by atoms with Crippen molar-refractivity contribution in [1.29, 1.82) is 0 Å². The lowest BCUT2D eigenvalue weighted by atomic mass is 10.3. The van der Waals surface area contributed by atoms with Crippen LogP contribution in [0, 0.1) is 6.92 Å². The zero-order valence-corrected chi connectivity index (χ0v) is 11.2. The summed E-state index contributed by atoms with van der Waals surface area (Å²) in [6.45, 7) is 1.81. The highest BCUT2D eigenvalue weighted by atomic mass is 35.5. The van der Waals surface area contributed by atoms with Gasteiger partial charge in [-0.05, 0) is 30.0 Å². The van der Waals surface area contributed by atoms with Crippen LogP contribution in [0.25, 0.3) is 0 Å². The van der Waals surface area contributed by atoms with E-state index in [2.05, 4.69) is 9.71 Å². The molecule has 0 aliphatic heterocycles. The lowest BCUT2D eigenvalue weighted by molar-refractivity contribution is 0.603. The second-order valence-corrected chi connectivity index (χ2v) is 6.60. The summed E-state index contributed by atoms with van der Waals surface area (Å²) >= 11 is 6.97. The quantitative estimate of drug-likeness (QED) is 0.884. The molecule has 17 heavy (non-hydrogen) atoms. The van der Waals surface area contributed by atoms with Crippen LogP contribution in [0.4, 0.5) is 5.69 Å². The number of nitrogens with one attached hydrogen (secondary N) is 1. The molecule has 0 spiro atoms. The Hall–Kier alpha value is -1.11. The van der Waals surface area contributed by atoms with Crippen molar-refractivity contribution in [3.05, 3.63) is 40.5 Å². The molecule has 2 aromatic heterocycles. The van der Waals surface area contributed by atoms with E-state index in [0.29, 0.717) is 5.69 Å². The number of hydrogen-bond donors (Lipinski definition) is 1. The SMILES string of the molecule is Cc1cnc(Cl)c(NS(=O)(=O)c2cccs2)c1. The topological polar surface area (TPSA) is 59.1 Å². The zero-order chi connectivity index (χ0) is 12.5. The Kier molecular flexibility index (Phi) is 3.37. The third-order valence-electron chi connectivity index (χ3n) is 1.98. The molecule has 4 nitrogen and oxygen atoms in total. The molecule has 2 rings (SSSR count). The zero-order valence-electron chi connectivity index (χ0n) is 8.84. The molecule has 0 unspecified atom stereocenters. The first-order valence-electron chi connectivity index (χ1n) is 4.67. The number of aromatic nitrogens is 1. The molecule has 0 aliphatic carbocycles. The fraction of sp³-hybridized carbons (Fsp3) is 0.100. The summed E-state index contributed by atoms with van der Waals surface area (Å²) in [6, 6.07) is 4.85. The van der Waals surface area contributed by atoms with E-state index in [1.807, 2.05) is 6.92 Å². The van der Waals surface area contributed by atoms with Crippen molar-refractivity contribution in [3.63, 3.8) is 0 Å². The first-order valence-corrected chi connectivity index (χ1v) is 7.41. The number of aryl methyl sites for hydroxylation is 1. The van der Waals surface area contributed by atoms with Crippen LogP contribution >= 0.6 is 22.9 Å². The minimum absolute atomic E-state index is 0.135. The van der Waals surface area contributed by atoms with Gasteiger partial charge in [-0.3, -0.25) is 4.72 Å². The molecule has 0 saturated carbocycles. The first kappa shape index (κ1) is 12.3. The Morgan fingerprint density at radius 3 is 2.88 bits per heavy atom. The number of hydrogen-bond acceptors (Lipinski definition) is 4. The smallest absolute Gasteiger partial charge is 0.271 e. The predicted molar refractivity (Wildman–Crippen MR) is 69.1 cm³/mol. The fourth-order valence-corrected chi connectivity index (χ4v) is 3.49. The summed E-state index contributed by atoms with van der Waals surface area (Å²) in [5.41, 5.74) is 1.12. The summed E-state index contributed by atoms with van der Waals surface area (Å²) in [5, 5.41) is 1.83. The van der Waals surface area contributed by atoms with Gasteiger partial charge in [-0.15, -0.1) is 11.3 Å². The van der Waals surface area contributed by atoms with Gasteiger partial charge in [0.1, 0.15) is 4.21 Å². The predicted octanol–water partition coefficient (Wildman–Crippen LogP) is 2.91. The Morgan fingerprint density at radius 1 is 1.47 bits per heavy atom. The Balaban J connectivity index is 2.36. The summed E-state index contributed by atoms with van der Waals surface area (Å²) in [5.74, 6) is 0. The molecule has 0 aromatic carbocycles. The number of sulfonamides is 1. The van der Waals surface area contributed by atoms with Crippen molar-refractivity contribution in [2.24, 2.45) is 0 Å². The van der Waals surface area contributed by atoms with Crippen molar-refractivity contribution in [2.45, 2.75) is 11.1 Å². The summed E-state index contributed by atoms with van der Waals surface area (Å²) < 4.78 is 26.5. The standard InChI is InChI=1S/C10H9ClN2O2S2/c1-7-5-8(10(11)12-6-7)13-17(14,15)9-3-2-4-16-9/h2-6,13H,1H3. The van der Waals surface area contributed by atoms with E-state index >= 15 is 0 Å². The normalized spacial score (nSPS) is 11.4. The van der Waals surface area contributed by atoms with Crippen LogP contribution in [0.5, 0.6) is 0 Å². The first-order chi connectivity index (χ1) is 7.99. The van der Waals surface area contributed by atoms with E-state index in [1.165, 1.54) is 6.07 Å². The molecule has 0 atom stereocenters. The van der Waals surface area contributed by atoms with Crippen molar-refractivity contribution in [3.8, 4) is 0 Å². The Bertz CT molecular complexity index is 624. The molecule has 7 heteroatoms. The molecule has 2 aromatic rings. The van der Waals surface area contributed by atoms with Gasteiger partial charge in [0.25, 0.3) is 10.0 Å². The van der Waals surface area contributed by atoms with Gasteiger partial charge in [-0.25, -0.2) is 13.4 Å². The molecular formula is C10H9ClN2O2S2.